The summed E-state index contributed by atoms with van der Waals surface area (Å²) >= 11 is 6.36. The highest BCUT2D eigenvalue weighted by molar-refractivity contribution is 7.89. The number of nitrogens with one attached hydrogen (secondary N) is 2. The summed E-state index contributed by atoms with van der Waals surface area (Å²) in [5.41, 5.74) is -1.33. The minimum absolute atomic E-state index is 0.00546. The Morgan fingerprint density at radius 3 is 2.08 bits per heavy atom. The Bertz CT molecular complexity index is 1900. The van der Waals surface area contributed by atoms with E-state index in [0.29, 0.717) is 11.1 Å². The van der Waals surface area contributed by atoms with Crippen LogP contribution >= 0.6 is 11.6 Å². The molecule has 3 aliphatic rings. The third-order valence-corrected chi connectivity index (χ3v) is 11.8. The molecular formula is C39H48ClF2N3O7S. The molecule has 1 heterocycles. The highest BCUT2D eigenvalue weighted by atomic mass is 35.5. The number of carbonyl (C=O) groups is 2. The number of hydrogen-bond donors (Lipinski definition) is 2. The first kappa shape index (κ1) is 39.0. The van der Waals surface area contributed by atoms with Gasteiger partial charge in [0.15, 0.2) is 6.04 Å². The Kier molecular flexibility index (Phi) is 11.8. The van der Waals surface area contributed by atoms with Gasteiger partial charge in [-0.1, -0.05) is 29.8 Å². The number of alkyl carbamates (subject to hydrolysis) is 1. The molecule has 10 nitrogen and oxygen atoms in total. The average molecular weight is 776 g/mol. The number of sulfonamides is 1. The number of piperidine rings is 1. The predicted molar refractivity (Wildman–Crippen MR) is 198 cm³/mol. The summed E-state index contributed by atoms with van der Waals surface area (Å²) in [5.74, 6) is -4.41. The Balaban J connectivity index is 1.25. The first-order valence-corrected chi connectivity index (χ1v) is 20.3. The second kappa shape index (κ2) is 16.0. The maximum Gasteiger partial charge on any atom is 0.407 e. The Labute approximate surface area is 314 Å². The fraction of sp³-hybridized carbons (Fsp3) is 0.538. The largest absolute Gasteiger partial charge is 0.490 e. The molecule has 1 atom stereocenters. The number of carbonyl (C=O) groups excluding carboxylic acids is 2. The van der Waals surface area contributed by atoms with Crippen LogP contribution in [-0.4, -0.2) is 68.3 Å². The van der Waals surface area contributed by atoms with Gasteiger partial charge in [-0.3, -0.25) is 4.79 Å². The maximum atomic E-state index is 16.8. The molecule has 0 radical (unpaired) electrons. The zero-order valence-electron chi connectivity index (χ0n) is 30.3. The van der Waals surface area contributed by atoms with Crippen molar-refractivity contribution >= 4 is 44.4 Å². The summed E-state index contributed by atoms with van der Waals surface area (Å²) in [7, 11) is -4.68. The van der Waals surface area contributed by atoms with E-state index in [0.717, 1.165) is 68.9 Å². The highest BCUT2D eigenvalue weighted by Gasteiger charge is 2.50. The molecule has 3 fully saturated rings. The summed E-state index contributed by atoms with van der Waals surface area (Å²) in [5, 5.41) is 4.18. The molecular weight excluding hydrogens is 728 g/mol. The number of hydrogen-bond acceptors (Lipinski definition) is 7. The Morgan fingerprint density at radius 2 is 1.43 bits per heavy atom. The number of alkyl halides is 2. The monoisotopic (exact) mass is 775 g/mol. The minimum Gasteiger partial charge on any atom is -0.490 e. The van der Waals surface area contributed by atoms with Crippen LogP contribution in [0.2, 0.25) is 5.02 Å². The number of nitrogens with zero attached hydrogens (tertiary/aromatic N) is 1. The molecule has 1 aliphatic heterocycles. The molecule has 2 amide bonds. The maximum absolute atomic E-state index is 16.8. The summed E-state index contributed by atoms with van der Waals surface area (Å²) in [6.45, 7) is 5.22. The second-order valence-corrected chi connectivity index (χ2v) is 17.4. The van der Waals surface area contributed by atoms with Crippen LogP contribution in [0.5, 0.6) is 11.5 Å². The van der Waals surface area contributed by atoms with Crippen molar-refractivity contribution in [1.29, 1.82) is 0 Å². The topological polar surface area (TPSA) is 123 Å². The van der Waals surface area contributed by atoms with Gasteiger partial charge >= 0.3 is 6.09 Å². The van der Waals surface area contributed by atoms with Crippen LogP contribution in [0.3, 0.4) is 0 Å². The Morgan fingerprint density at radius 1 is 0.830 bits per heavy atom. The van der Waals surface area contributed by atoms with Gasteiger partial charge in [-0.05, 0) is 132 Å². The third kappa shape index (κ3) is 9.71. The molecule has 2 N–H and O–H groups in total. The molecule has 2 saturated carbocycles. The van der Waals surface area contributed by atoms with Crippen molar-refractivity contribution in [2.24, 2.45) is 0 Å². The third-order valence-electron chi connectivity index (χ3n) is 10.0. The van der Waals surface area contributed by atoms with Crippen molar-refractivity contribution in [3.05, 3.63) is 65.2 Å². The lowest BCUT2D eigenvalue weighted by Crippen LogP contribution is -2.58. The van der Waals surface area contributed by atoms with Gasteiger partial charge in [-0.15, -0.1) is 0 Å². The van der Waals surface area contributed by atoms with Gasteiger partial charge < -0.3 is 24.4 Å². The molecule has 1 unspecified atom stereocenters. The summed E-state index contributed by atoms with van der Waals surface area (Å²) in [6.07, 6.45) is 7.48. The van der Waals surface area contributed by atoms with E-state index in [1.165, 1.54) is 23.1 Å². The summed E-state index contributed by atoms with van der Waals surface area (Å²) in [6, 6.07) is 10.2. The van der Waals surface area contributed by atoms with E-state index in [1.54, 1.807) is 39.0 Å². The smallest absolute Gasteiger partial charge is 0.407 e. The zero-order valence-corrected chi connectivity index (χ0v) is 31.9. The molecule has 3 aromatic carbocycles. The minimum atomic E-state index is -4.68. The van der Waals surface area contributed by atoms with Crippen LogP contribution in [0, 0.1) is 0 Å². The summed E-state index contributed by atoms with van der Waals surface area (Å²) in [4.78, 5) is 27.4. The van der Waals surface area contributed by atoms with Gasteiger partial charge in [-0.25, -0.2) is 13.2 Å². The molecule has 0 aromatic heterocycles. The Hall–Kier alpha value is -3.68. The van der Waals surface area contributed by atoms with Crippen LogP contribution in [0.4, 0.5) is 13.6 Å². The van der Waals surface area contributed by atoms with E-state index in [-0.39, 0.29) is 59.8 Å². The van der Waals surface area contributed by atoms with Gasteiger partial charge in [0.2, 0.25) is 15.9 Å². The standard InChI is InChI=1S/C39H48ClF2N3O7S/c1-38(2,3)52-37(47)43-28-18-20-45(21-19-28)36(46)35(39(41,42)27-14-17-33(40)34(24-27)51-30-10-6-7-11-30)44-53(48,49)32-16-13-25-22-31(15-12-26(25)23-32)50-29-8-4-5-9-29/h12-17,22-24,28-30,35,44H,4-11,18-21H2,1-3H3,(H,43,47). The first-order valence-electron chi connectivity index (χ1n) is 18.4. The van der Waals surface area contributed by atoms with Gasteiger partial charge in [0.05, 0.1) is 22.1 Å². The van der Waals surface area contributed by atoms with Gasteiger partial charge in [0.25, 0.3) is 5.92 Å². The lowest BCUT2D eigenvalue weighted by molar-refractivity contribution is -0.145. The van der Waals surface area contributed by atoms with Crippen molar-refractivity contribution in [2.75, 3.05) is 13.1 Å². The fourth-order valence-corrected chi connectivity index (χ4v) is 8.58. The van der Waals surface area contributed by atoms with Crippen LogP contribution in [0.15, 0.2) is 59.5 Å². The molecule has 3 aromatic rings. The van der Waals surface area contributed by atoms with Gasteiger partial charge in [-0.2, -0.15) is 13.5 Å². The van der Waals surface area contributed by atoms with E-state index in [2.05, 4.69) is 10.0 Å². The van der Waals surface area contributed by atoms with Crippen molar-refractivity contribution in [1.82, 2.24) is 14.9 Å². The van der Waals surface area contributed by atoms with Crippen molar-refractivity contribution < 1.29 is 41.0 Å². The highest BCUT2D eigenvalue weighted by Crippen LogP contribution is 2.39. The zero-order chi connectivity index (χ0) is 38.0. The van der Waals surface area contributed by atoms with Crippen LogP contribution in [0.1, 0.15) is 90.5 Å². The molecule has 2 aliphatic carbocycles. The van der Waals surface area contributed by atoms with E-state index in [4.69, 9.17) is 25.8 Å². The number of rotatable bonds is 11. The van der Waals surface area contributed by atoms with Crippen LogP contribution in [-0.2, 0) is 25.5 Å². The first-order chi connectivity index (χ1) is 25.1. The lowest BCUT2D eigenvalue weighted by atomic mass is 9.98. The van der Waals surface area contributed by atoms with E-state index in [9.17, 15) is 18.0 Å². The van der Waals surface area contributed by atoms with Gasteiger partial charge in [0.1, 0.15) is 17.1 Å². The van der Waals surface area contributed by atoms with Crippen molar-refractivity contribution in [3.63, 3.8) is 0 Å². The lowest BCUT2D eigenvalue weighted by Gasteiger charge is -2.36. The molecule has 6 rings (SSSR count). The number of likely N-dealkylation sites (tertiary alicyclic amines) is 1. The number of amides is 2. The number of ether oxygens (including phenoxy) is 3. The van der Waals surface area contributed by atoms with Crippen molar-refractivity contribution in [3.8, 4) is 11.5 Å². The molecule has 0 spiro atoms. The molecule has 0 bridgehead atoms. The van der Waals surface area contributed by atoms with Gasteiger partial charge in [0, 0.05) is 24.7 Å². The number of halogens is 3. The molecule has 288 valence electrons. The van der Waals surface area contributed by atoms with Crippen molar-refractivity contribution in [2.45, 2.75) is 126 Å². The predicted octanol–water partition coefficient (Wildman–Crippen LogP) is 8.09. The normalized spacial score (nSPS) is 18.6. The fourth-order valence-electron chi connectivity index (χ4n) is 7.20. The second-order valence-electron chi connectivity index (χ2n) is 15.3. The average Bonchev–Trinajstić information content (AvgIpc) is 3.82. The van der Waals surface area contributed by atoms with E-state index in [1.807, 2.05) is 6.07 Å². The van der Waals surface area contributed by atoms with Crippen LogP contribution < -0.4 is 19.5 Å². The SMILES string of the molecule is CC(C)(C)OC(=O)NC1CCN(C(=O)C(NS(=O)(=O)c2ccc3cc(OC4CCCC4)ccc3c2)C(F)(F)c2ccc(Cl)c(OC3CCCC3)c2)CC1. The molecule has 53 heavy (non-hydrogen) atoms. The quantitative estimate of drug-likeness (QED) is 0.202. The van der Waals surface area contributed by atoms with Crippen LogP contribution in [0.25, 0.3) is 10.8 Å². The van der Waals surface area contributed by atoms with E-state index >= 15 is 8.78 Å². The molecule has 1 saturated heterocycles. The molecule has 14 heteroatoms. The summed E-state index contributed by atoms with van der Waals surface area (Å²) < 4.78 is 81.0. The van der Waals surface area contributed by atoms with E-state index < -0.39 is 45.2 Å². The number of fused-ring (bicyclic) bond motifs is 1. The number of benzene rings is 3.